The van der Waals surface area contributed by atoms with E-state index in [1.165, 1.54) is 10.4 Å². The van der Waals surface area contributed by atoms with Gasteiger partial charge in [0.25, 0.3) is 0 Å². The van der Waals surface area contributed by atoms with Gasteiger partial charge >= 0.3 is 0 Å². The standard InChI is InChI=1S/C12H12Br2N2S/c1-7-3-8(6-17-7)11(15-2)12-10(14)4-9(13)5-16-12/h3-6,11,15H,1-2H3. The Bertz CT molecular complexity index is 525. The summed E-state index contributed by atoms with van der Waals surface area (Å²) in [5.74, 6) is 0. The van der Waals surface area contributed by atoms with Gasteiger partial charge in [0, 0.05) is 20.0 Å². The largest absolute Gasteiger partial charge is 0.308 e. The van der Waals surface area contributed by atoms with Crippen molar-refractivity contribution in [2.75, 3.05) is 7.05 Å². The van der Waals surface area contributed by atoms with E-state index in [2.05, 4.69) is 60.5 Å². The molecule has 2 heterocycles. The number of halogens is 2. The third kappa shape index (κ3) is 2.96. The van der Waals surface area contributed by atoms with Gasteiger partial charge in [-0.05, 0) is 68.9 Å². The SMILES string of the molecule is CNC(c1csc(C)c1)c1ncc(Br)cc1Br. The Morgan fingerprint density at radius 3 is 2.65 bits per heavy atom. The van der Waals surface area contributed by atoms with Crippen LogP contribution in [-0.4, -0.2) is 12.0 Å². The molecule has 0 radical (unpaired) electrons. The Morgan fingerprint density at radius 1 is 1.35 bits per heavy atom. The molecule has 0 aliphatic rings. The number of hydrogen-bond donors (Lipinski definition) is 1. The van der Waals surface area contributed by atoms with E-state index in [9.17, 15) is 0 Å². The minimum absolute atomic E-state index is 0.127. The molecule has 1 N–H and O–H groups in total. The normalized spacial score (nSPS) is 12.7. The van der Waals surface area contributed by atoms with Crippen molar-refractivity contribution in [2.45, 2.75) is 13.0 Å². The van der Waals surface area contributed by atoms with Gasteiger partial charge in [-0.15, -0.1) is 11.3 Å². The van der Waals surface area contributed by atoms with E-state index in [0.29, 0.717) is 0 Å². The molecule has 2 aromatic heterocycles. The molecule has 2 nitrogen and oxygen atoms in total. The first-order chi connectivity index (χ1) is 8.11. The maximum atomic E-state index is 4.48. The lowest BCUT2D eigenvalue weighted by Gasteiger charge is -2.16. The third-order valence-corrected chi connectivity index (χ3v) is 4.43. The molecule has 90 valence electrons. The lowest BCUT2D eigenvalue weighted by atomic mass is 10.1. The second kappa shape index (κ2) is 5.61. The van der Waals surface area contributed by atoms with E-state index in [1.54, 1.807) is 11.3 Å². The van der Waals surface area contributed by atoms with Crippen molar-refractivity contribution in [1.29, 1.82) is 0 Å². The number of pyridine rings is 1. The quantitative estimate of drug-likeness (QED) is 0.865. The van der Waals surface area contributed by atoms with E-state index in [1.807, 2.05) is 19.3 Å². The lowest BCUT2D eigenvalue weighted by molar-refractivity contribution is 0.669. The molecule has 0 fully saturated rings. The van der Waals surface area contributed by atoms with Crippen molar-refractivity contribution in [3.8, 4) is 0 Å². The van der Waals surface area contributed by atoms with Crippen molar-refractivity contribution in [2.24, 2.45) is 0 Å². The average molecular weight is 376 g/mol. The van der Waals surface area contributed by atoms with E-state index < -0.39 is 0 Å². The molecule has 2 rings (SSSR count). The summed E-state index contributed by atoms with van der Waals surface area (Å²) >= 11 is 8.74. The Morgan fingerprint density at radius 2 is 2.12 bits per heavy atom. The van der Waals surface area contributed by atoms with E-state index in [0.717, 1.165) is 14.6 Å². The zero-order chi connectivity index (χ0) is 12.4. The summed E-state index contributed by atoms with van der Waals surface area (Å²) in [5, 5.41) is 5.48. The van der Waals surface area contributed by atoms with Crippen molar-refractivity contribution in [1.82, 2.24) is 10.3 Å². The second-order valence-corrected chi connectivity index (χ2v) is 6.62. The average Bonchev–Trinajstić information content (AvgIpc) is 2.69. The molecule has 0 amide bonds. The maximum absolute atomic E-state index is 4.48. The summed E-state index contributed by atoms with van der Waals surface area (Å²) in [4.78, 5) is 5.80. The molecular weight excluding hydrogens is 364 g/mol. The molecular formula is C12H12Br2N2S. The molecule has 0 aliphatic carbocycles. The highest BCUT2D eigenvalue weighted by Crippen LogP contribution is 2.30. The first-order valence-electron chi connectivity index (χ1n) is 5.15. The highest BCUT2D eigenvalue weighted by Gasteiger charge is 2.17. The van der Waals surface area contributed by atoms with Gasteiger partial charge in [0.1, 0.15) is 0 Å². The topological polar surface area (TPSA) is 24.9 Å². The number of hydrogen-bond acceptors (Lipinski definition) is 3. The summed E-state index contributed by atoms with van der Waals surface area (Å²) in [6.45, 7) is 2.12. The molecule has 1 atom stereocenters. The van der Waals surface area contributed by atoms with Crippen LogP contribution in [0.1, 0.15) is 22.2 Å². The summed E-state index contributed by atoms with van der Waals surface area (Å²) < 4.78 is 1.99. The van der Waals surface area contributed by atoms with Crippen LogP contribution in [0.3, 0.4) is 0 Å². The Labute approximate surface area is 122 Å². The van der Waals surface area contributed by atoms with Crippen LogP contribution in [-0.2, 0) is 0 Å². The molecule has 5 heteroatoms. The van der Waals surface area contributed by atoms with Gasteiger partial charge in [-0.2, -0.15) is 0 Å². The van der Waals surface area contributed by atoms with Crippen molar-refractivity contribution >= 4 is 43.2 Å². The first kappa shape index (κ1) is 13.2. The number of aryl methyl sites for hydroxylation is 1. The van der Waals surface area contributed by atoms with Gasteiger partial charge in [-0.3, -0.25) is 4.98 Å². The number of rotatable bonds is 3. The van der Waals surface area contributed by atoms with Gasteiger partial charge in [0.2, 0.25) is 0 Å². The monoisotopic (exact) mass is 374 g/mol. The van der Waals surface area contributed by atoms with Crippen LogP contribution >= 0.6 is 43.2 Å². The Balaban J connectivity index is 2.42. The van der Waals surface area contributed by atoms with E-state index in [4.69, 9.17) is 0 Å². The highest BCUT2D eigenvalue weighted by atomic mass is 79.9. The fraction of sp³-hybridized carbons (Fsp3) is 0.250. The zero-order valence-electron chi connectivity index (χ0n) is 9.50. The van der Waals surface area contributed by atoms with Gasteiger partial charge in [-0.1, -0.05) is 0 Å². The number of thiophene rings is 1. The predicted molar refractivity (Wildman–Crippen MR) is 79.6 cm³/mol. The van der Waals surface area contributed by atoms with Gasteiger partial charge < -0.3 is 5.32 Å². The van der Waals surface area contributed by atoms with E-state index >= 15 is 0 Å². The first-order valence-corrected chi connectivity index (χ1v) is 7.61. The molecule has 0 spiro atoms. The van der Waals surface area contributed by atoms with Crippen LogP contribution in [0.25, 0.3) is 0 Å². The van der Waals surface area contributed by atoms with Gasteiger partial charge in [0.05, 0.1) is 11.7 Å². The third-order valence-electron chi connectivity index (χ3n) is 2.48. The van der Waals surface area contributed by atoms with Crippen molar-refractivity contribution in [3.05, 3.63) is 48.8 Å². The summed E-state index contributed by atoms with van der Waals surface area (Å²) in [7, 11) is 1.95. The van der Waals surface area contributed by atoms with Crippen LogP contribution in [0.5, 0.6) is 0 Å². The van der Waals surface area contributed by atoms with Crippen LogP contribution in [0.2, 0.25) is 0 Å². The lowest BCUT2D eigenvalue weighted by Crippen LogP contribution is -2.18. The highest BCUT2D eigenvalue weighted by molar-refractivity contribution is 9.11. The molecule has 0 aliphatic heterocycles. The molecule has 1 unspecified atom stereocenters. The summed E-state index contributed by atoms with van der Waals surface area (Å²) in [5.41, 5.74) is 2.26. The minimum Gasteiger partial charge on any atom is -0.308 e. The maximum Gasteiger partial charge on any atom is 0.0768 e. The fourth-order valence-corrected chi connectivity index (χ4v) is 3.66. The molecule has 0 aromatic carbocycles. The van der Waals surface area contributed by atoms with Crippen LogP contribution in [0.15, 0.2) is 32.7 Å². The fourth-order valence-electron chi connectivity index (χ4n) is 1.71. The summed E-state index contributed by atoms with van der Waals surface area (Å²) in [6, 6.07) is 4.34. The molecule has 0 bridgehead atoms. The van der Waals surface area contributed by atoms with Crippen molar-refractivity contribution in [3.63, 3.8) is 0 Å². The molecule has 17 heavy (non-hydrogen) atoms. The predicted octanol–water partition coefficient (Wildman–Crippen LogP) is 4.29. The summed E-state index contributed by atoms with van der Waals surface area (Å²) in [6.07, 6.45) is 1.82. The Kier molecular flexibility index (Phi) is 4.36. The number of aromatic nitrogens is 1. The molecule has 0 saturated carbocycles. The number of nitrogens with zero attached hydrogens (tertiary/aromatic N) is 1. The molecule has 0 saturated heterocycles. The van der Waals surface area contributed by atoms with Gasteiger partial charge in [0.15, 0.2) is 0 Å². The van der Waals surface area contributed by atoms with Crippen LogP contribution < -0.4 is 5.32 Å². The smallest absolute Gasteiger partial charge is 0.0768 e. The van der Waals surface area contributed by atoms with Crippen LogP contribution in [0, 0.1) is 6.92 Å². The molecule has 2 aromatic rings. The minimum atomic E-state index is 0.127. The number of nitrogens with one attached hydrogen (secondary N) is 1. The van der Waals surface area contributed by atoms with Gasteiger partial charge in [-0.25, -0.2) is 0 Å². The zero-order valence-corrected chi connectivity index (χ0v) is 13.5. The second-order valence-electron chi connectivity index (χ2n) is 3.73. The Hall–Kier alpha value is -0.230. The van der Waals surface area contributed by atoms with Crippen molar-refractivity contribution < 1.29 is 0 Å². The van der Waals surface area contributed by atoms with E-state index in [-0.39, 0.29) is 6.04 Å². The van der Waals surface area contributed by atoms with Crippen LogP contribution in [0.4, 0.5) is 0 Å².